The van der Waals surface area contributed by atoms with Gasteiger partial charge in [-0.2, -0.15) is 18.3 Å². The topological polar surface area (TPSA) is 53.1 Å². The van der Waals surface area contributed by atoms with Gasteiger partial charge in [0, 0.05) is 22.6 Å². The van der Waals surface area contributed by atoms with E-state index in [1.807, 2.05) is 0 Å². The van der Waals surface area contributed by atoms with Crippen LogP contribution in [0.25, 0.3) is 11.1 Å². The van der Waals surface area contributed by atoms with Crippen LogP contribution in [0.5, 0.6) is 5.75 Å². The van der Waals surface area contributed by atoms with Crippen molar-refractivity contribution in [3.8, 4) is 16.9 Å². The molecule has 0 aliphatic carbocycles. The molecule has 1 aromatic carbocycles. The van der Waals surface area contributed by atoms with Gasteiger partial charge in [-0.15, -0.1) is 0 Å². The van der Waals surface area contributed by atoms with E-state index in [0.29, 0.717) is 5.56 Å². The predicted molar refractivity (Wildman–Crippen MR) is 72.3 cm³/mol. The van der Waals surface area contributed by atoms with Gasteiger partial charge in [0.2, 0.25) is 0 Å². The molecule has 0 spiro atoms. The molecule has 2 N–H and O–H groups in total. The maximum Gasteiger partial charge on any atom is 0.420 e. The lowest BCUT2D eigenvalue weighted by Crippen LogP contribution is -2.09. The first-order valence-corrected chi connectivity index (χ1v) is 6.27. The average Bonchev–Trinajstić information content (AvgIpc) is 2.68. The summed E-state index contributed by atoms with van der Waals surface area (Å²) in [5, 5.41) is 3.93. The number of rotatable bonds is 2. The number of methoxy groups -OCH3 is 1. The van der Waals surface area contributed by atoms with Crippen molar-refractivity contribution in [2.24, 2.45) is 7.05 Å². The van der Waals surface area contributed by atoms with Gasteiger partial charge < -0.3 is 10.5 Å². The minimum absolute atomic E-state index is 0.236. The smallest absolute Gasteiger partial charge is 0.420 e. The molecule has 0 fully saturated rings. The summed E-state index contributed by atoms with van der Waals surface area (Å²) >= 11 is 3.07. The van der Waals surface area contributed by atoms with E-state index in [-0.39, 0.29) is 21.6 Å². The van der Waals surface area contributed by atoms with E-state index in [4.69, 9.17) is 10.5 Å². The van der Waals surface area contributed by atoms with Gasteiger partial charge in [-0.05, 0) is 12.1 Å². The Morgan fingerprint density at radius 1 is 1.30 bits per heavy atom. The third kappa shape index (κ3) is 2.47. The predicted octanol–water partition coefficient (Wildman–Crippen LogP) is 3.46. The van der Waals surface area contributed by atoms with Crippen molar-refractivity contribution in [1.82, 2.24) is 9.78 Å². The molecule has 1 aromatic heterocycles. The highest BCUT2D eigenvalue weighted by atomic mass is 79.9. The molecule has 20 heavy (non-hydrogen) atoms. The lowest BCUT2D eigenvalue weighted by Gasteiger charge is -2.16. The number of benzene rings is 1. The summed E-state index contributed by atoms with van der Waals surface area (Å²) in [6.07, 6.45) is -3.12. The van der Waals surface area contributed by atoms with Crippen LogP contribution in [-0.2, 0) is 13.2 Å². The molecule has 0 saturated carbocycles. The molecule has 0 radical (unpaired) electrons. The molecule has 2 rings (SSSR count). The normalized spacial score (nSPS) is 11.7. The number of aromatic nitrogens is 2. The molecule has 0 bridgehead atoms. The number of hydrogen-bond donors (Lipinski definition) is 1. The maximum atomic E-state index is 13.1. The summed E-state index contributed by atoms with van der Waals surface area (Å²) < 4.78 is 45.8. The van der Waals surface area contributed by atoms with Gasteiger partial charge >= 0.3 is 6.18 Å². The number of hydrogen-bond acceptors (Lipinski definition) is 3. The van der Waals surface area contributed by atoms with Crippen molar-refractivity contribution >= 4 is 21.7 Å². The number of halogens is 4. The molecule has 2 aromatic rings. The van der Waals surface area contributed by atoms with Gasteiger partial charge in [0.25, 0.3) is 0 Å². The largest absolute Gasteiger partial charge is 0.495 e. The fourth-order valence-corrected chi connectivity index (χ4v) is 2.34. The second kappa shape index (κ2) is 5.01. The standard InChI is InChI=1S/C12H11BrF3N3O/c1-19-11(17)8(5-18-19)7-3-6(13)4-9(10(7)20-2)12(14,15)16/h3-5H,17H2,1-2H3. The lowest BCUT2D eigenvalue weighted by atomic mass is 10.0. The Morgan fingerprint density at radius 3 is 2.40 bits per heavy atom. The van der Waals surface area contributed by atoms with Crippen LogP contribution in [0.4, 0.5) is 19.0 Å². The lowest BCUT2D eigenvalue weighted by molar-refractivity contribution is -0.138. The SMILES string of the molecule is COc1c(-c2cnn(C)c2N)cc(Br)cc1C(F)(F)F. The van der Waals surface area contributed by atoms with Crippen LogP contribution < -0.4 is 10.5 Å². The van der Waals surface area contributed by atoms with E-state index in [1.54, 1.807) is 7.05 Å². The number of anilines is 1. The molecule has 1 heterocycles. The Bertz CT molecular complexity index is 652. The quantitative estimate of drug-likeness (QED) is 0.903. The first kappa shape index (κ1) is 14.7. The van der Waals surface area contributed by atoms with E-state index in [0.717, 1.165) is 6.07 Å². The zero-order valence-electron chi connectivity index (χ0n) is 10.6. The summed E-state index contributed by atoms with van der Waals surface area (Å²) in [5.41, 5.74) is 5.57. The maximum absolute atomic E-state index is 13.1. The van der Waals surface area contributed by atoms with Crippen molar-refractivity contribution in [1.29, 1.82) is 0 Å². The summed E-state index contributed by atoms with van der Waals surface area (Å²) in [4.78, 5) is 0. The number of nitrogens with zero attached hydrogens (tertiary/aromatic N) is 2. The molecule has 108 valence electrons. The van der Waals surface area contributed by atoms with Crippen LogP contribution in [0.3, 0.4) is 0 Å². The second-order valence-electron chi connectivity index (χ2n) is 4.10. The van der Waals surface area contributed by atoms with Crippen LogP contribution >= 0.6 is 15.9 Å². The Hall–Kier alpha value is -1.70. The number of nitrogens with two attached hydrogens (primary N) is 1. The highest BCUT2D eigenvalue weighted by Crippen LogP contribution is 2.44. The number of nitrogen functional groups attached to an aromatic ring is 1. The van der Waals surface area contributed by atoms with Crippen molar-refractivity contribution < 1.29 is 17.9 Å². The van der Waals surface area contributed by atoms with Gasteiger partial charge in [-0.3, -0.25) is 4.68 Å². The van der Waals surface area contributed by atoms with E-state index < -0.39 is 11.7 Å². The van der Waals surface area contributed by atoms with Crippen LogP contribution in [-0.4, -0.2) is 16.9 Å². The first-order chi connectivity index (χ1) is 9.25. The van der Waals surface area contributed by atoms with Gasteiger partial charge in [0.1, 0.15) is 11.6 Å². The van der Waals surface area contributed by atoms with Gasteiger partial charge in [0.05, 0.1) is 18.9 Å². The summed E-state index contributed by atoms with van der Waals surface area (Å²) in [6, 6.07) is 2.48. The van der Waals surface area contributed by atoms with Crippen molar-refractivity contribution in [3.05, 3.63) is 28.4 Å². The molecule has 0 unspecified atom stereocenters. The van der Waals surface area contributed by atoms with Gasteiger partial charge in [0.15, 0.2) is 0 Å². The van der Waals surface area contributed by atoms with Crippen molar-refractivity contribution in [3.63, 3.8) is 0 Å². The molecule has 0 aliphatic rings. The Balaban J connectivity index is 2.76. The van der Waals surface area contributed by atoms with Crippen LogP contribution in [0, 0.1) is 0 Å². The molecular weight excluding hydrogens is 339 g/mol. The molecule has 0 amide bonds. The average molecular weight is 350 g/mol. The van der Waals surface area contributed by atoms with Crippen molar-refractivity contribution in [2.45, 2.75) is 6.18 Å². The number of ether oxygens (including phenoxy) is 1. The fraction of sp³-hybridized carbons (Fsp3) is 0.250. The van der Waals surface area contributed by atoms with Crippen LogP contribution in [0.2, 0.25) is 0 Å². The zero-order valence-corrected chi connectivity index (χ0v) is 12.2. The molecule has 0 saturated heterocycles. The highest BCUT2D eigenvalue weighted by Gasteiger charge is 2.36. The van der Waals surface area contributed by atoms with E-state index >= 15 is 0 Å². The van der Waals surface area contributed by atoms with E-state index in [9.17, 15) is 13.2 Å². The third-order valence-corrected chi connectivity index (χ3v) is 3.30. The van der Waals surface area contributed by atoms with Crippen molar-refractivity contribution in [2.75, 3.05) is 12.8 Å². The monoisotopic (exact) mass is 349 g/mol. The minimum atomic E-state index is -4.53. The Morgan fingerprint density at radius 2 is 1.95 bits per heavy atom. The molecule has 0 aliphatic heterocycles. The van der Waals surface area contributed by atoms with E-state index in [1.165, 1.54) is 24.1 Å². The molecule has 8 heteroatoms. The summed E-state index contributed by atoms with van der Waals surface area (Å²) in [5.74, 6) is -0.0186. The fourth-order valence-electron chi connectivity index (χ4n) is 1.88. The zero-order chi connectivity index (χ0) is 15.1. The van der Waals surface area contributed by atoms with Gasteiger partial charge in [-0.1, -0.05) is 15.9 Å². The second-order valence-corrected chi connectivity index (χ2v) is 5.01. The summed E-state index contributed by atoms with van der Waals surface area (Å²) in [7, 11) is 2.79. The highest BCUT2D eigenvalue weighted by molar-refractivity contribution is 9.10. The van der Waals surface area contributed by atoms with Crippen LogP contribution in [0.1, 0.15) is 5.56 Å². The Kier molecular flexibility index (Phi) is 3.68. The molecule has 0 atom stereocenters. The van der Waals surface area contributed by atoms with Gasteiger partial charge in [-0.25, -0.2) is 0 Å². The Labute approximate surface area is 121 Å². The molecule has 4 nitrogen and oxygen atoms in total. The first-order valence-electron chi connectivity index (χ1n) is 5.48. The van der Waals surface area contributed by atoms with E-state index in [2.05, 4.69) is 21.0 Å². The number of alkyl halides is 3. The summed E-state index contributed by atoms with van der Waals surface area (Å²) in [6.45, 7) is 0. The minimum Gasteiger partial charge on any atom is -0.495 e. The number of aryl methyl sites for hydroxylation is 1. The molecular formula is C12H11BrF3N3O. The van der Waals surface area contributed by atoms with Crippen LogP contribution in [0.15, 0.2) is 22.8 Å². The third-order valence-electron chi connectivity index (χ3n) is 2.84.